The molecule has 1 aromatic carbocycles. The standard InChI is InChI=1S/C13H16ClIN2/c14-10-8-9(15)3-4-11(10)16-12-5-7-17-6-1-2-13(12)17/h3-4,8,12-13,16H,1-2,5-7H2. The molecule has 2 saturated heterocycles. The lowest BCUT2D eigenvalue weighted by molar-refractivity contribution is 0.318. The van der Waals surface area contributed by atoms with Crippen LogP contribution >= 0.6 is 34.2 Å². The molecule has 0 spiro atoms. The fourth-order valence-electron chi connectivity index (χ4n) is 3.06. The molecule has 0 amide bonds. The van der Waals surface area contributed by atoms with E-state index in [1.807, 2.05) is 6.07 Å². The van der Waals surface area contributed by atoms with Gasteiger partial charge in [0.05, 0.1) is 10.7 Å². The largest absolute Gasteiger partial charge is 0.379 e. The van der Waals surface area contributed by atoms with Crippen LogP contribution in [0.3, 0.4) is 0 Å². The number of fused-ring (bicyclic) bond motifs is 1. The summed E-state index contributed by atoms with van der Waals surface area (Å²) in [5.74, 6) is 0. The van der Waals surface area contributed by atoms with Crippen LogP contribution in [0.4, 0.5) is 5.69 Å². The van der Waals surface area contributed by atoms with Crippen molar-refractivity contribution in [2.45, 2.75) is 31.3 Å². The van der Waals surface area contributed by atoms with Crippen LogP contribution in [0.15, 0.2) is 18.2 Å². The maximum Gasteiger partial charge on any atom is 0.0648 e. The summed E-state index contributed by atoms with van der Waals surface area (Å²) in [6.07, 6.45) is 3.93. The molecule has 0 saturated carbocycles. The first-order valence-corrected chi connectivity index (χ1v) is 7.65. The number of halogens is 2. The molecule has 3 rings (SSSR count). The third-order valence-electron chi connectivity index (χ3n) is 3.88. The first kappa shape index (κ1) is 12.1. The molecule has 1 N–H and O–H groups in total. The molecular weight excluding hydrogens is 347 g/mol. The maximum absolute atomic E-state index is 6.27. The minimum Gasteiger partial charge on any atom is -0.379 e. The Bertz CT molecular complexity index is 424. The van der Waals surface area contributed by atoms with Crippen molar-refractivity contribution in [3.8, 4) is 0 Å². The van der Waals surface area contributed by atoms with Gasteiger partial charge in [0.2, 0.25) is 0 Å². The zero-order chi connectivity index (χ0) is 11.8. The van der Waals surface area contributed by atoms with Crippen molar-refractivity contribution < 1.29 is 0 Å². The predicted octanol–water partition coefficient (Wildman–Crippen LogP) is 3.59. The lowest BCUT2D eigenvalue weighted by Crippen LogP contribution is -2.33. The van der Waals surface area contributed by atoms with Gasteiger partial charge in [0.15, 0.2) is 0 Å². The Kier molecular flexibility index (Phi) is 3.50. The van der Waals surface area contributed by atoms with Crippen molar-refractivity contribution in [1.29, 1.82) is 0 Å². The molecule has 1 aromatic rings. The van der Waals surface area contributed by atoms with Gasteiger partial charge in [0, 0.05) is 22.2 Å². The number of hydrogen-bond donors (Lipinski definition) is 1. The van der Waals surface area contributed by atoms with Crippen LogP contribution in [0.1, 0.15) is 19.3 Å². The highest BCUT2D eigenvalue weighted by Crippen LogP contribution is 2.32. The van der Waals surface area contributed by atoms with Crippen LogP contribution < -0.4 is 5.32 Å². The Morgan fingerprint density at radius 1 is 1.29 bits per heavy atom. The van der Waals surface area contributed by atoms with E-state index in [-0.39, 0.29) is 0 Å². The van der Waals surface area contributed by atoms with E-state index in [0.29, 0.717) is 6.04 Å². The van der Waals surface area contributed by atoms with Crippen molar-refractivity contribution in [2.75, 3.05) is 18.4 Å². The number of hydrogen-bond acceptors (Lipinski definition) is 2. The zero-order valence-corrected chi connectivity index (χ0v) is 12.5. The summed E-state index contributed by atoms with van der Waals surface area (Å²) >= 11 is 8.56. The zero-order valence-electron chi connectivity index (χ0n) is 9.63. The van der Waals surface area contributed by atoms with Crippen molar-refractivity contribution in [3.63, 3.8) is 0 Å². The van der Waals surface area contributed by atoms with Gasteiger partial charge in [-0.2, -0.15) is 0 Å². The first-order chi connectivity index (χ1) is 8.24. The Morgan fingerprint density at radius 2 is 2.18 bits per heavy atom. The summed E-state index contributed by atoms with van der Waals surface area (Å²) < 4.78 is 1.19. The van der Waals surface area contributed by atoms with Gasteiger partial charge in [-0.05, 0) is 66.6 Å². The van der Waals surface area contributed by atoms with Crippen LogP contribution in [-0.2, 0) is 0 Å². The summed E-state index contributed by atoms with van der Waals surface area (Å²) in [4.78, 5) is 2.61. The average Bonchev–Trinajstić information content (AvgIpc) is 2.86. The highest BCUT2D eigenvalue weighted by molar-refractivity contribution is 14.1. The molecule has 2 unspecified atom stereocenters. The number of anilines is 1. The second-order valence-corrected chi connectivity index (χ2v) is 6.56. The lowest BCUT2D eigenvalue weighted by atomic mass is 10.1. The summed E-state index contributed by atoms with van der Waals surface area (Å²) in [5.41, 5.74) is 1.09. The van der Waals surface area contributed by atoms with Gasteiger partial charge < -0.3 is 5.32 Å². The minimum absolute atomic E-state index is 0.579. The van der Waals surface area contributed by atoms with Crippen molar-refractivity contribution >= 4 is 39.9 Å². The summed E-state index contributed by atoms with van der Waals surface area (Å²) in [7, 11) is 0. The van der Waals surface area contributed by atoms with E-state index in [1.165, 1.54) is 35.9 Å². The molecular formula is C13H16ClIN2. The minimum atomic E-state index is 0.579. The van der Waals surface area contributed by atoms with E-state index < -0.39 is 0 Å². The van der Waals surface area contributed by atoms with E-state index in [0.717, 1.165) is 16.8 Å². The first-order valence-electron chi connectivity index (χ1n) is 6.20. The quantitative estimate of drug-likeness (QED) is 0.809. The van der Waals surface area contributed by atoms with Gasteiger partial charge in [-0.15, -0.1) is 0 Å². The SMILES string of the molecule is Clc1cc(I)ccc1NC1CCN2CCCC12. The summed E-state index contributed by atoms with van der Waals surface area (Å²) in [5, 5.41) is 4.47. The molecule has 0 aliphatic carbocycles. The molecule has 2 fully saturated rings. The fraction of sp³-hybridized carbons (Fsp3) is 0.538. The lowest BCUT2D eigenvalue weighted by Gasteiger charge is -2.22. The Morgan fingerprint density at radius 3 is 3.00 bits per heavy atom. The number of benzene rings is 1. The monoisotopic (exact) mass is 362 g/mol. The normalized spacial score (nSPS) is 28.4. The van der Waals surface area contributed by atoms with Gasteiger partial charge >= 0.3 is 0 Å². The molecule has 2 atom stereocenters. The van der Waals surface area contributed by atoms with Gasteiger partial charge in [0.1, 0.15) is 0 Å². The van der Waals surface area contributed by atoms with Crippen LogP contribution in [0.5, 0.6) is 0 Å². The Balaban J connectivity index is 1.74. The fourth-order valence-corrected chi connectivity index (χ4v) is 3.97. The van der Waals surface area contributed by atoms with Gasteiger partial charge in [-0.25, -0.2) is 0 Å². The third kappa shape index (κ3) is 2.42. The second-order valence-electron chi connectivity index (χ2n) is 4.91. The smallest absolute Gasteiger partial charge is 0.0648 e. The highest BCUT2D eigenvalue weighted by atomic mass is 127. The highest BCUT2D eigenvalue weighted by Gasteiger charge is 2.37. The van der Waals surface area contributed by atoms with Crippen molar-refractivity contribution in [1.82, 2.24) is 4.90 Å². The Labute approximate surface area is 121 Å². The van der Waals surface area contributed by atoms with Crippen LogP contribution in [-0.4, -0.2) is 30.1 Å². The Hall–Kier alpha value is -0.000000000000000132. The molecule has 2 heterocycles. The van der Waals surface area contributed by atoms with E-state index in [1.54, 1.807) is 0 Å². The van der Waals surface area contributed by atoms with Crippen LogP contribution in [0.25, 0.3) is 0 Å². The summed E-state index contributed by atoms with van der Waals surface area (Å²) in [6.45, 7) is 2.52. The number of rotatable bonds is 2. The summed E-state index contributed by atoms with van der Waals surface area (Å²) in [6, 6.07) is 7.53. The van der Waals surface area contributed by atoms with Gasteiger partial charge in [-0.1, -0.05) is 11.6 Å². The molecule has 2 aliphatic heterocycles. The van der Waals surface area contributed by atoms with E-state index in [4.69, 9.17) is 11.6 Å². The number of nitrogens with one attached hydrogen (secondary N) is 1. The van der Waals surface area contributed by atoms with E-state index in [9.17, 15) is 0 Å². The molecule has 0 radical (unpaired) electrons. The predicted molar refractivity (Wildman–Crippen MR) is 80.8 cm³/mol. The molecule has 17 heavy (non-hydrogen) atoms. The third-order valence-corrected chi connectivity index (χ3v) is 4.86. The maximum atomic E-state index is 6.27. The molecule has 0 aromatic heterocycles. The van der Waals surface area contributed by atoms with Gasteiger partial charge in [0.25, 0.3) is 0 Å². The van der Waals surface area contributed by atoms with Crippen molar-refractivity contribution in [2.24, 2.45) is 0 Å². The van der Waals surface area contributed by atoms with Crippen molar-refractivity contribution in [3.05, 3.63) is 26.8 Å². The second kappa shape index (κ2) is 4.94. The topological polar surface area (TPSA) is 15.3 Å². The van der Waals surface area contributed by atoms with E-state index >= 15 is 0 Å². The van der Waals surface area contributed by atoms with Crippen LogP contribution in [0, 0.1) is 3.57 Å². The molecule has 4 heteroatoms. The average molecular weight is 363 g/mol. The van der Waals surface area contributed by atoms with Crippen LogP contribution in [0.2, 0.25) is 5.02 Å². The molecule has 2 aliphatic rings. The van der Waals surface area contributed by atoms with E-state index in [2.05, 4.69) is 44.9 Å². The molecule has 2 nitrogen and oxygen atoms in total. The molecule has 92 valence electrons. The molecule has 0 bridgehead atoms. The number of nitrogens with zero attached hydrogens (tertiary/aromatic N) is 1. The van der Waals surface area contributed by atoms with Gasteiger partial charge in [-0.3, -0.25) is 4.90 Å².